The van der Waals surface area contributed by atoms with Crippen LogP contribution in [0.3, 0.4) is 0 Å². The molecule has 2 heteroatoms. The van der Waals surface area contributed by atoms with Gasteiger partial charge in [-0.3, -0.25) is 0 Å². The van der Waals surface area contributed by atoms with Crippen LogP contribution >= 0.6 is 0 Å². The molecule has 66 valence electrons. The minimum atomic E-state index is 0.603. The van der Waals surface area contributed by atoms with E-state index in [2.05, 4.69) is 23.2 Å². The van der Waals surface area contributed by atoms with Gasteiger partial charge in [0.2, 0.25) is 0 Å². The zero-order chi connectivity index (χ0) is 9.10. The third-order valence-corrected chi connectivity index (χ3v) is 2.17. The molecule has 0 saturated heterocycles. The van der Waals surface area contributed by atoms with E-state index in [0.29, 0.717) is 6.42 Å². The Labute approximate surface area is 76.6 Å². The van der Waals surface area contributed by atoms with E-state index >= 15 is 0 Å². The Morgan fingerprint density at radius 1 is 1.31 bits per heavy atom. The minimum Gasteiger partial charge on any atom is -0.361 e. The molecule has 0 radical (unpaired) electrons. The first-order chi connectivity index (χ1) is 6.40. The highest BCUT2D eigenvalue weighted by Crippen LogP contribution is 2.14. The molecule has 0 bridgehead atoms. The van der Waals surface area contributed by atoms with Crippen molar-refractivity contribution in [2.45, 2.75) is 12.8 Å². The Morgan fingerprint density at radius 3 is 3.08 bits per heavy atom. The van der Waals surface area contributed by atoms with Gasteiger partial charge in [-0.25, -0.2) is 0 Å². The number of carbonyl (C=O) groups excluding carboxylic acids is 1. The highest BCUT2D eigenvalue weighted by atomic mass is 16.1. The van der Waals surface area contributed by atoms with Crippen LogP contribution in [0.15, 0.2) is 30.5 Å². The number of hydrogen-bond donors (Lipinski definition) is 1. The van der Waals surface area contributed by atoms with Crippen molar-refractivity contribution in [3.05, 3.63) is 36.0 Å². The van der Waals surface area contributed by atoms with E-state index in [9.17, 15) is 4.79 Å². The van der Waals surface area contributed by atoms with Gasteiger partial charge in [0.05, 0.1) is 0 Å². The van der Waals surface area contributed by atoms with Crippen LogP contribution in [0, 0.1) is 0 Å². The number of aryl methyl sites for hydroxylation is 1. The molecule has 0 fully saturated rings. The molecule has 1 heterocycles. The number of fused-ring (bicyclic) bond motifs is 1. The van der Waals surface area contributed by atoms with Crippen molar-refractivity contribution in [2.75, 3.05) is 0 Å². The van der Waals surface area contributed by atoms with E-state index in [1.54, 1.807) is 0 Å². The van der Waals surface area contributed by atoms with Crippen LogP contribution in [-0.4, -0.2) is 11.3 Å². The van der Waals surface area contributed by atoms with Gasteiger partial charge in [0.1, 0.15) is 6.29 Å². The lowest BCUT2D eigenvalue weighted by atomic mass is 10.1. The summed E-state index contributed by atoms with van der Waals surface area (Å²) in [5.41, 5.74) is 2.35. The summed E-state index contributed by atoms with van der Waals surface area (Å²) >= 11 is 0. The monoisotopic (exact) mass is 173 g/mol. The number of aromatic amines is 1. The van der Waals surface area contributed by atoms with Crippen LogP contribution in [0.2, 0.25) is 0 Å². The first-order valence-corrected chi connectivity index (χ1v) is 4.40. The van der Waals surface area contributed by atoms with Gasteiger partial charge in [0, 0.05) is 18.1 Å². The number of aldehydes is 1. The van der Waals surface area contributed by atoms with E-state index in [4.69, 9.17) is 0 Å². The molecular weight excluding hydrogens is 162 g/mol. The molecule has 1 aromatic heterocycles. The minimum absolute atomic E-state index is 0.603. The van der Waals surface area contributed by atoms with Crippen molar-refractivity contribution < 1.29 is 4.79 Å². The van der Waals surface area contributed by atoms with Crippen LogP contribution < -0.4 is 0 Å². The van der Waals surface area contributed by atoms with E-state index < -0.39 is 0 Å². The number of hydrogen-bond acceptors (Lipinski definition) is 1. The van der Waals surface area contributed by atoms with Gasteiger partial charge in [0.25, 0.3) is 0 Å². The van der Waals surface area contributed by atoms with Crippen molar-refractivity contribution in [3.63, 3.8) is 0 Å². The maximum Gasteiger partial charge on any atom is 0.120 e. The fourth-order valence-corrected chi connectivity index (χ4v) is 1.48. The maximum atomic E-state index is 10.2. The van der Waals surface area contributed by atoms with E-state index in [1.807, 2.05) is 12.3 Å². The molecular formula is C11H11NO. The lowest BCUT2D eigenvalue weighted by Gasteiger charge is -1.97. The van der Waals surface area contributed by atoms with E-state index in [-0.39, 0.29) is 0 Å². The van der Waals surface area contributed by atoms with Gasteiger partial charge in [-0.05, 0) is 29.5 Å². The molecule has 0 aliphatic heterocycles. The van der Waals surface area contributed by atoms with Crippen molar-refractivity contribution in [2.24, 2.45) is 0 Å². The number of carbonyl (C=O) groups is 1. The molecule has 0 unspecified atom stereocenters. The lowest BCUT2D eigenvalue weighted by molar-refractivity contribution is -0.107. The molecule has 13 heavy (non-hydrogen) atoms. The van der Waals surface area contributed by atoms with Gasteiger partial charge >= 0.3 is 0 Å². The summed E-state index contributed by atoms with van der Waals surface area (Å²) in [5.74, 6) is 0. The van der Waals surface area contributed by atoms with Crippen molar-refractivity contribution in [3.8, 4) is 0 Å². The molecule has 1 aromatic carbocycles. The summed E-state index contributed by atoms with van der Waals surface area (Å²) in [5, 5.41) is 1.22. The van der Waals surface area contributed by atoms with Gasteiger partial charge in [0.15, 0.2) is 0 Å². The van der Waals surface area contributed by atoms with E-state index in [0.717, 1.165) is 18.2 Å². The Kier molecular flexibility index (Phi) is 2.13. The first-order valence-electron chi connectivity index (χ1n) is 4.40. The molecule has 2 rings (SSSR count). The molecule has 2 aromatic rings. The zero-order valence-electron chi connectivity index (χ0n) is 7.29. The molecule has 0 saturated carbocycles. The fraction of sp³-hybridized carbons (Fsp3) is 0.182. The quantitative estimate of drug-likeness (QED) is 0.710. The van der Waals surface area contributed by atoms with Gasteiger partial charge in [-0.1, -0.05) is 12.1 Å². The van der Waals surface area contributed by atoms with Crippen molar-refractivity contribution >= 4 is 17.2 Å². The normalized spacial score (nSPS) is 10.5. The predicted octanol–water partition coefficient (Wildman–Crippen LogP) is 2.30. The summed E-state index contributed by atoms with van der Waals surface area (Å²) < 4.78 is 0. The van der Waals surface area contributed by atoms with Crippen molar-refractivity contribution in [1.82, 2.24) is 4.98 Å². The molecule has 0 atom stereocenters. The number of benzene rings is 1. The number of H-pyrrole nitrogens is 1. The molecule has 1 N–H and O–H groups in total. The standard InChI is InChI=1S/C11H11NO/c13-7-1-2-9-3-4-10-5-6-12-11(10)8-9/h3-8,12H,1-2H2. The van der Waals surface area contributed by atoms with E-state index in [1.165, 1.54) is 10.9 Å². The van der Waals surface area contributed by atoms with Crippen LogP contribution in [0.25, 0.3) is 10.9 Å². The Balaban J connectivity index is 2.31. The van der Waals surface area contributed by atoms with Crippen molar-refractivity contribution in [1.29, 1.82) is 0 Å². The lowest BCUT2D eigenvalue weighted by Crippen LogP contribution is -1.85. The van der Waals surface area contributed by atoms with Gasteiger partial charge in [-0.15, -0.1) is 0 Å². The van der Waals surface area contributed by atoms with Crippen LogP contribution in [0.4, 0.5) is 0 Å². The summed E-state index contributed by atoms with van der Waals surface area (Å²) in [6.07, 6.45) is 4.32. The highest BCUT2D eigenvalue weighted by Gasteiger charge is 1.96. The van der Waals surface area contributed by atoms with Crippen LogP contribution in [0.5, 0.6) is 0 Å². The predicted molar refractivity (Wildman–Crippen MR) is 52.7 cm³/mol. The average Bonchev–Trinajstić information content (AvgIpc) is 2.61. The van der Waals surface area contributed by atoms with Crippen LogP contribution in [0.1, 0.15) is 12.0 Å². The fourth-order valence-electron chi connectivity index (χ4n) is 1.48. The maximum absolute atomic E-state index is 10.2. The second-order valence-corrected chi connectivity index (χ2v) is 3.10. The molecule has 2 nitrogen and oxygen atoms in total. The summed E-state index contributed by atoms with van der Waals surface area (Å²) in [6, 6.07) is 8.28. The third-order valence-electron chi connectivity index (χ3n) is 2.17. The largest absolute Gasteiger partial charge is 0.361 e. The number of aromatic nitrogens is 1. The number of nitrogens with one attached hydrogen (secondary N) is 1. The van der Waals surface area contributed by atoms with Gasteiger partial charge < -0.3 is 9.78 Å². The van der Waals surface area contributed by atoms with Crippen LogP contribution in [-0.2, 0) is 11.2 Å². The SMILES string of the molecule is O=CCCc1ccc2cc[nH]c2c1. The summed E-state index contributed by atoms with van der Waals surface area (Å²) in [6.45, 7) is 0. The second kappa shape index (κ2) is 3.44. The first kappa shape index (κ1) is 8.05. The number of rotatable bonds is 3. The molecule has 0 aliphatic carbocycles. The molecule has 0 spiro atoms. The summed E-state index contributed by atoms with van der Waals surface area (Å²) in [4.78, 5) is 13.3. The third kappa shape index (κ3) is 1.61. The summed E-state index contributed by atoms with van der Waals surface area (Å²) in [7, 11) is 0. The highest BCUT2D eigenvalue weighted by molar-refractivity contribution is 5.79. The Hall–Kier alpha value is -1.57. The second-order valence-electron chi connectivity index (χ2n) is 3.10. The smallest absolute Gasteiger partial charge is 0.120 e. The zero-order valence-corrected chi connectivity index (χ0v) is 7.29. The average molecular weight is 173 g/mol. The topological polar surface area (TPSA) is 32.9 Å². The van der Waals surface area contributed by atoms with Gasteiger partial charge in [-0.2, -0.15) is 0 Å². The molecule has 0 amide bonds. The molecule has 0 aliphatic rings. The Bertz CT molecular complexity index is 417. The Morgan fingerprint density at radius 2 is 2.23 bits per heavy atom.